The average Bonchev–Trinajstić information content (AvgIpc) is 3.20. The Morgan fingerprint density at radius 2 is 1.78 bits per heavy atom. The number of hydrogen-bond acceptors (Lipinski definition) is 12. The maximum atomic E-state index is 14.7. The van der Waals surface area contributed by atoms with E-state index in [0.29, 0.717) is 29.9 Å². The van der Waals surface area contributed by atoms with Gasteiger partial charge in [-0.15, -0.1) is 6.58 Å². The summed E-state index contributed by atoms with van der Waals surface area (Å²) in [6.45, 7) is 9.89. The summed E-state index contributed by atoms with van der Waals surface area (Å²) in [5, 5.41) is 56.2. The lowest BCUT2D eigenvalue weighted by molar-refractivity contribution is -0.384. The van der Waals surface area contributed by atoms with Crippen molar-refractivity contribution >= 4 is 23.4 Å². The molecule has 5 rings (SSSR count). The van der Waals surface area contributed by atoms with Crippen LogP contribution in [0.25, 0.3) is 6.08 Å². The summed E-state index contributed by atoms with van der Waals surface area (Å²) in [6.07, 6.45) is 11.3. The van der Waals surface area contributed by atoms with Gasteiger partial charge in [-0.2, -0.15) is 0 Å². The standard InChI is InChI=1S/C44H59N3O11/c1-5-24-56-44-39(46(20-25-55-26-23-50)40(52)19-14-30-12-15-32(16-13-30)47(53)54)29-37(45-58-43(2,3)4)35-27-31(10-6-8-21-48)34(11-7-9-22-49)41(42(35)44)36-28-33(51)17-18-38(36)57-44/h5,12-19,27-28,31,34,39,41-42,48-51H,1,6-11,20-26,29H2,2-4H3. The number of oxime groups is 1. The van der Waals surface area contributed by atoms with Crippen LogP contribution in [0.3, 0.4) is 0 Å². The molecule has 58 heavy (non-hydrogen) atoms. The Labute approximate surface area is 340 Å². The summed E-state index contributed by atoms with van der Waals surface area (Å²) in [7, 11) is 0. The number of phenols is 1. The van der Waals surface area contributed by atoms with Gasteiger partial charge < -0.3 is 44.4 Å². The van der Waals surface area contributed by atoms with Gasteiger partial charge in [0.1, 0.15) is 23.1 Å². The molecule has 316 valence electrons. The third-order valence-corrected chi connectivity index (χ3v) is 11.0. The average molecular weight is 806 g/mol. The molecule has 2 aliphatic carbocycles. The van der Waals surface area contributed by atoms with Crippen molar-refractivity contribution in [3.63, 3.8) is 0 Å². The fourth-order valence-electron chi connectivity index (χ4n) is 8.57. The van der Waals surface area contributed by atoms with Gasteiger partial charge in [-0.3, -0.25) is 14.9 Å². The van der Waals surface area contributed by atoms with E-state index in [-0.39, 0.29) is 81.8 Å². The van der Waals surface area contributed by atoms with Gasteiger partial charge in [-0.25, -0.2) is 0 Å². The number of nitro benzene ring substituents is 1. The number of non-ortho nitro benzene ring substituents is 1. The van der Waals surface area contributed by atoms with Gasteiger partial charge in [-0.05, 0) is 106 Å². The predicted octanol–water partition coefficient (Wildman–Crippen LogP) is 6.28. The fourth-order valence-corrected chi connectivity index (χ4v) is 8.57. The van der Waals surface area contributed by atoms with Crippen molar-refractivity contribution in [1.29, 1.82) is 0 Å². The predicted molar refractivity (Wildman–Crippen MR) is 219 cm³/mol. The maximum absolute atomic E-state index is 14.7. The number of carbonyl (C=O) groups is 1. The Bertz CT molecular complexity index is 1800. The number of nitrogens with zero attached hydrogens (tertiary/aromatic N) is 3. The molecule has 0 bridgehead atoms. The third-order valence-electron chi connectivity index (χ3n) is 11.0. The van der Waals surface area contributed by atoms with Gasteiger partial charge in [0.15, 0.2) is 0 Å². The van der Waals surface area contributed by atoms with Crippen LogP contribution >= 0.6 is 0 Å². The van der Waals surface area contributed by atoms with E-state index in [1.165, 1.54) is 18.2 Å². The van der Waals surface area contributed by atoms with E-state index in [0.717, 1.165) is 36.8 Å². The smallest absolute Gasteiger partial charge is 0.269 e. The van der Waals surface area contributed by atoms with Crippen molar-refractivity contribution in [2.75, 3.05) is 46.2 Å². The summed E-state index contributed by atoms with van der Waals surface area (Å²) in [5.74, 6) is -2.20. The van der Waals surface area contributed by atoms with E-state index in [4.69, 9.17) is 24.2 Å². The maximum Gasteiger partial charge on any atom is 0.269 e. The number of ether oxygens (including phenoxy) is 3. The van der Waals surface area contributed by atoms with Crippen molar-refractivity contribution in [3.8, 4) is 11.5 Å². The van der Waals surface area contributed by atoms with Gasteiger partial charge in [0.2, 0.25) is 11.7 Å². The Morgan fingerprint density at radius 1 is 1.05 bits per heavy atom. The molecule has 0 saturated heterocycles. The van der Waals surface area contributed by atoms with Crippen LogP contribution < -0.4 is 4.74 Å². The number of benzene rings is 2. The van der Waals surface area contributed by atoms with Crippen LogP contribution in [0.4, 0.5) is 5.69 Å². The minimum Gasteiger partial charge on any atom is -0.508 e. The molecule has 14 heteroatoms. The highest BCUT2D eigenvalue weighted by molar-refractivity contribution is 6.03. The monoisotopic (exact) mass is 805 g/mol. The molecule has 0 spiro atoms. The van der Waals surface area contributed by atoms with Crippen molar-refractivity contribution in [2.24, 2.45) is 22.9 Å². The molecule has 6 atom stereocenters. The molecule has 6 unspecified atom stereocenters. The summed E-state index contributed by atoms with van der Waals surface area (Å²) >= 11 is 0. The van der Waals surface area contributed by atoms with Crippen LogP contribution in [0.15, 0.2) is 78.0 Å². The van der Waals surface area contributed by atoms with E-state index in [1.54, 1.807) is 47.4 Å². The van der Waals surface area contributed by atoms with E-state index < -0.39 is 34.2 Å². The van der Waals surface area contributed by atoms with Crippen molar-refractivity contribution in [1.82, 2.24) is 4.90 Å². The number of fused-ring (bicyclic) bond motifs is 2. The first-order valence-corrected chi connectivity index (χ1v) is 20.2. The van der Waals surface area contributed by atoms with Gasteiger partial charge in [0.05, 0.1) is 43.0 Å². The minimum atomic E-state index is -1.52. The normalized spacial score (nSPS) is 24.4. The largest absolute Gasteiger partial charge is 0.508 e. The number of carbonyl (C=O) groups excluding carboxylic acids is 1. The Balaban J connectivity index is 1.74. The van der Waals surface area contributed by atoms with Crippen LogP contribution in [0.5, 0.6) is 11.5 Å². The Kier molecular flexibility index (Phi) is 15.6. The second-order valence-electron chi connectivity index (χ2n) is 16.0. The number of hydrogen-bond donors (Lipinski definition) is 4. The molecule has 1 saturated carbocycles. The number of phenolic OH excluding ortho intramolecular Hbond substituents is 1. The first kappa shape index (κ1) is 44.5. The van der Waals surface area contributed by atoms with Crippen LogP contribution in [0.1, 0.15) is 82.8 Å². The molecule has 1 fully saturated rings. The number of rotatable bonds is 21. The third kappa shape index (κ3) is 10.5. The molecule has 1 aliphatic heterocycles. The quantitative estimate of drug-likeness (QED) is 0.0365. The van der Waals surface area contributed by atoms with E-state index in [2.05, 4.69) is 12.7 Å². The highest BCUT2D eigenvalue weighted by Crippen LogP contribution is 2.62. The molecular formula is C44H59N3O11. The zero-order valence-electron chi connectivity index (χ0n) is 33.8. The van der Waals surface area contributed by atoms with Crippen LogP contribution in [0.2, 0.25) is 0 Å². The lowest BCUT2D eigenvalue weighted by Crippen LogP contribution is -2.70. The first-order valence-electron chi connectivity index (χ1n) is 20.2. The Hall–Kier alpha value is -4.60. The molecule has 1 amide bonds. The summed E-state index contributed by atoms with van der Waals surface area (Å²) in [6, 6.07) is 10.1. The van der Waals surface area contributed by atoms with E-state index in [9.17, 15) is 35.3 Å². The van der Waals surface area contributed by atoms with Gasteiger partial charge in [0.25, 0.3) is 5.69 Å². The highest BCUT2D eigenvalue weighted by Gasteiger charge is 2.65. The zero-order chi connectivity index (χ0) is 41.9. The van der Waals surface area contributed by atoms with E-state index in [1.807, 2.05) is 20.8 Å². The molecule has 2 aromatic rings. The molecular weight excluding hydrogens is 746 g/mol. The molecule has 2 aromatic carbocycles. The number of nitro groups is 1. The van der Waals surface area contributed by atoms with Crippen molar-refractivity contribution in [3.05, 3.63) is 94.1 Å². The number of unbranched alkanes of at least 4 members (excludes halogenated alkanes) is 2. The number of allylic oxidation sites excluding steroid dienone is 1. The second kappa shape index (κ2) is 20.4. The zero-order valence-corrected chi connectivity index (χ0v) is 33.8. The lowest BCUT2D eigenvalue weighted by Gasteiger charge is -2.60. The lowest BCUT2D eigenvalue weighted by atomic mass is 9.55. The first-order chi connectivity index (χ1) is 27.9. The van der Waals surface area contributed by atoms with Crippen LogP contribution in [0, 0.1) is 27.9 Å². The Morgan fingerprint density at radius 3 is 2.43 bits per heavy atom. The van der Waals surface area contributed by atoms with Gasteiger partial charge >= 0.3 is 0 Å². The summed E-state index contributed by atoms with van der Waals surface area (Å²) in [5.41, 5.74) is 2.14. The van der Waals surface area contributed by atoms with E-state index >= 15 is 0 Å². The van der Waals surface area contributed by atoms with Crippen molar-refractivity contribution < 1.29 is 49.2 Å². The molecule has 0 radical (unpaired) electrons. The van der Waals surface area contributed by atoms with Gasteiger partial charge in [-0.1, -0.05) is 30.1 Å². The van der Waals surface area contributed by atoms with Gasteiger partial charge in [0, 0.05) is 55.9 Å². The highest BCUT2D eigenvalue weighted by atomic mass is 16.7. The second-order valence-corrected chi connectivity index (χ2v) is 16.0. The van der Waals surface area contributed by atoms with Crippen molar-refractivity contribution in [2.45, 2.75) is 89.1 Å². The summed E-state index contributed by atoms with van der Waals surface area (Å²) < 4.78 is 19.8. The number of amides is 1. The molecule has 4 N–H and O–H groups in total. The minimum absolute atomic E-state index is 0.0160. The molecule has 0 aromatic heterocycles. The fraction of sp³-hybridized carbons (Fsp3) is 0.545. The number of aromatic hydroxyl groups is 1. The van der Waals surface area contributed by atoms with Crippen LogP contribution in [-0.2, 0) is 19.1 Å². The summed E-state index contributed by atoms with van der Waals surface area (Å²) in [4.78, 5) is 33.3. The number of aliphatic hydroxyl groups is 3. The molecule has 1 heterocycles. The molecule has 14 nitrogen and oxygen atoms in total. The molecule has 3 aliphatic rings. The SMILES string of the molecule is C=CCOC12Oc3ccc(O)cc3C3C(CCCCO)C(CCCCO)C=C(C(=NOC(C)(C)C)CC1N(CCOCCO)C(=O)C=Cc1ccc([N+](=O)[O-])cc1)C32. The van der Waals surface area contributed by atoms with Crippen LogP contribution in [-0.4, -0.2) is 105 Å². The number of aliphatic hydroxyl groups excluding tert-OH is 3. The topological polar surface area (TPSA) is 194 Å².